The van der Waals surface area contributed by atoms with Gasteiger partial charge in [-0.25, -0.2) is 9.97 Å². The number of unbranched alkanes of at least 4 members (excludes halogenated alkanes) is 3. The normalized spacial score (nSPS) is 11.8. The number of rotatable bonds is 28. The summed E-state index contributed by atoms with van der Waals surface area (Å²) in [5.41, 5.74) is 14.7. The summed E-state index contributed by atoms with van der Waals surface area (Å²) < 4.78 is 11.6. The summed E-state index contributed by atoms with van der Waals surface area (Å²) in [7, 11) is 0. The number of nitrogens with zero attached hydrogens (tertiary/aromatic N) is 5. The van der Waals surface area contributed by atoms with Crippen molar-refractivity contribution in [1.29, 1.82) is 0 Å². The number of aromatic amines is 2. The molecule has 18 nitrogen and oxygen atoms in total. The van der Waals surface area contributed by atoms with Crippen molar-refractivity contribution in [2.75, 3.05) is 72.1 Å². The molecular weight excluding hydrogens is 1040 g/mol. The van der Waals surface area contributed by atoms with Gasteiger partial charge in [-0.2, -0.15) is 0 Å². The molecule has 0 saturated carbocycles. The number of ether oxygens (including phenoxy) is 2. The lowest BCUT2D eigenvalue weighted by atomic mass is 10.0. The number of esters is 1. The van der Waals surface area contributed by atoms with Crippen molar-refractivity contribution in [2.24, 2.45) is 0 Å². The highest BCUT2D eigenvalue weighted by atomic mass is 16.5. The summed E-state index contributed by atoms with van der Waals surface area (Å²) in [5.74, 6) is -4.79. The van der Waals surface area contributed by atoms with Gasteiger partial charge in [-0.05, 0) is 109 Å². The first-order chi connectivity index (χ1) is 39.8. The predicted octanol–water partition coefficient (Wildman–Crippen LogP) is 10.1. The highest BCUT2D eigenvalue weighted by molar-refractivity contribution is 6.00. The fourth-order valence-electron chi connectivity index (χ4n) is 10.1. The molecule has 0 saturated heterocycles. The molecule has 6 N–H and O–H groups in total. The fourth-order valence-corrected chi connectivity index (χ4v) is 10.1. The van der Waals surface area contributed by atoms with E-state index in [4.69, 9.17) is 29.7 Å². The number of carbonyl (C=O) groups is 5. The van der Waals surface area contributed by atoms with Crippen molar-refractivity contribution in [1.82, 2.24) is 34.6 Å². The molecule has 0 fully saturated rings. The van der Waals surface area contributed by atoms with Crippen molar-refractivity contribution in [3.63, 3.8) is 0 Å². The molecule has 2 aliphatic heterocycles. The molecule has 82 heavy (non-hydrogen) atoms. The van der Waals surface area contributed by atoms with Crippen LogP contribution in [0, 0.1) is 0 Å². The molecule has 0 radical (unpaired) electrons. The Balaban J connectivity index is 0.879. The Hall–Kier alpha value is -9.49. The lowest BCUT2D eigenvalue weighted by Crippen LogP contribution is -2.45. The van der Waals surface area contributed by atoms with Crippen molar-refractivity contribution in [2.45, 2.75) is 25.7 Å². The first kappa shape index (κ1) is 57.2. The maximum atomic E-state index is 12.8. The third-order valence-electron chi connectivity index (χ3n) is 13.9. The summed E-state index contributed by atoms with van der Waals surface area (Å²) in [4.78, 5) is 80.7. The number of carbonyl (C=O) groups excluding carboxylic acids is 1. The number of carboxylic acids is 4. The van der Waals surface area contributed by atoms with Gasteiger partial charge in [0, 0.05) is 70.5 Å². The lowest BCUT2D eigenvalue weighted by molar-refractivity contribution is -0.147. The van der Waals surface area contributed by atoms with E-state index in [-0.39, 0.29) is 39.3 Å². The summed E-state index contributed by atoms with van der Waals surface area (Å²) >= 11 is 0. The van der Waals surface area contributed by atoms with E-state index in [1.807, 2.05) is 78.9 Å². The topological polar surface area (TPSA) is 252 Å². The van der Waals surface area contributed by atoms with E-state index in [0.29, 0.717) is 18.8 Å². The minimum atomic E-state index is -1.24. The number of benzene rings is 4. The second-order valence-electron chi connectivity index (χ2n) is 19.9. The first-order valence-electron chi connectivity index (χ1n) is 27.1. The molecule has 4 aromatic carbocycles. The van der Waals surface area contributed by atoms with Gasteiger partial charge in [-0.3, -0.25) is 38.7 Å². The maximum Gasteiger partial charge on any atom is 0.320 e. The smallest absolute Gasteiger partial charge is 0.320 e. The molecule has 8 bridgehead atoms. The summed E-state index contributed by atoms with van der Waals surface area (Å²) in [6.07, 6.45) is 11.2. The van der Waals surface area contributed by atoms with Crippen LogP contribution >= 0.6 is 0 Å². The molecule has 7 aromatic rings. The first-order valence-corrected chi connectivity index (χ1v) is 27.1. The van der Waals surface area contributed by atoms with Gasteiger partial charge in [-0.15, -0.1) is 0 Å². The van der Waals surface area contributed by atoms with Crippen LogP contribution in [0.25, 0.3) is 90.9 Å². The Labute approximate surface area is 473 Å². The molecule has 0 unspecified atom stereocenters. The largest absolute Gasteiger partial charge is 0.494 e. The molecule has 0 spiro atoms. The third kappa shape index (κ3) is 15.2. The average molecular weight is 1110 g/mol. The number of carboxylic acid groups (broad SMARTS) is 4. The second kappa shape index (κ2) is 27.6. The van der Waals surface area contributed by atoms with Crippen LogP contribution in [0.1, 0.15) is 48.5 Å². The highest BCUT2D eigenvalue weighted by Gasteiger charge is 2.22. The van der Waals surface area contributed by atoms with Gasteiger partial charge in [0.2, 0.25) is 0 Å². The maximum absolute atomic E-state index is 12.8. The van der Waals surface area contributed by atoms with Gasteiger partial charge in [0.05, 0.1) is 68.7 Å². The predicted molar refractivity (Wildman–Crippen MR) is 315 cm³/mol. The van der Waals surface area contributed by atoms with Gasteiger partial charge in [-0.1, -0.05) is 103 Å². The number of aromatic nitrogens is 4. The highest BCUT2D eigenvalue weighted by Crippen LogP contribution is 2.38. The minimum absolute atomic E-state index is 0.00625. The second-order valence-corrected chi connectivity index (χ2v) is 19.9. The number of fused-ring (bicyclic) bond motifs is 8. The van der Waals surface area contributed by atoms with E-state index < -0.39 is 56.0 Å². The van der Waals surface area contributed by atoms with Gasteiger partial charge < -0.3 is 39.9 Å². The van der Waals surface area contributed by atoms with Crippen LogP contribution < -0.4 is 4.74 Å². The van der Waals surface area contributed by atoms with Crippen molar-refractivity contribution < 1.29 is 53.9 Å². The molecular formula is C64H63N7O11. The minimum Gasteiger partial charge on any atom is -0.494 e. The van der Waals surface area contributed by atoms with Crippen LogP contribution in [0.5, 0.6) is 5.75 Å². The molecule has 2 aliphatic rings. The summed E-state index contributed by atoms with van der Waals surface area (Å²) in [6.45, 7) is -1.92. The van der Waals surface area contributed by atoms with Crippen molar-refractivity contribution in [3.05, 3.63) is 162 Å². The van der Waals surface area contributed by atoms with Crippen LogP contribution in [-0.4, -0.2) is 157 Å². The Morgan fingerprint density at radius 1 is 0.378 bits per heavy atom. The molecule has 0 atom stereocenters. The molecule has 420 valence electrons. The Bertz CT molecular complexity index is 3580. The number of hydrogen-bond donors (Lipinski definition) is 6. The third-order valence-corrected chi connectivity index (χ3v) is 13.9. The Morgan fingerprint density at radius 2 is 0.707 bits per heavy atom. The zero-order valence-electron chi connectivity index (χ0n) is 45.1. The van der Waals surface area contributed by atoms with E-state index in [2.05, 4.69) is 94.9 Å². The molecule has 3 aromatic heterocycles. The van der Waals surface area contributed by atoms with E-state index in [1.165, 1.54) is 9.80 Å². The van der Waals surface area contributed by atoms with Crippen molar-refractivity contribution in [3.8, 4) is 50.3 Å². The van der Waals surface area contributed by atoms with Gasteiger partial charge in [0.15, 0.2) is 0 Å². The van der Waals surface area contributed by atoms with Gasteiger partial charge in [0.25, 0.3) is 0 Å². The quantitative estimate of drug-likeness (QED) is 0.0197. The van der Waals surface area contributed by atoms with Gasteiger partial charge >= 0.3 is 29.8 Å². The van der Waals surface area contributed by atoms with E-state index in [0.717, 1.165) is 114 Å². The Kier molecular flexibility index (Phi) is 19.2. The average Bonchev–Trinajstić information content (AvgIpc) is 4.21. The van der Waals surface area contributed by atoms with E-state index >= 15 is 0 Å². The molecule has 5 heterocycles. The number of H-pyrrole nitrogens is 2. The monoisotopic (exact) mass is 1110 g/mol. The fraction of sp³-hybridized carbons (Fsp3) is 0.234. The zero-order chi connectivity index (χ0) is 57.4. The number of aliphatic carboxylic acids is 4. The van der Waals surface area contributed by atoms with Crippen molar-refractivity contribution >= 4 is 76.2 Å². The Morgan fingerprint density at radius 3 is 1.09 bits per heavy atom. The molecule has 18 heteroatoms. The van der Waals surface area contributed by atoms with E-state index in [9.17, 15) is 34.2 Å². The van der Waals surface area contributed by atoms with E-state index in [1.54, 1.807) is 0 Å². The molecule has 9 rings (SSSR count). The van der Waals surface area contributed by atoms with Crippen LogP contribution in [0.2, 0.25) is 0 Å². The summed E-state index contributed by atoms with van der Waals surface area (Å²) in [6, 6.07) is 47.4. The molecule has 0 aliphatic carbocycles. The number of nitrogens with one attached hydrogen (secondary N) is 2. The SMILES string of the molecule is O=C(O)CN(CCN(CC(=O)O)CC(=O)O)CCN(CC(=O)O)CC(=O)OCCCCCCOc1ccc(-c2c3nc(c(-c4ccccc4)c4ccc([nH]4)c(-c4ccccc4)c4nc(c(-c5ccccc5)c5ccc2[nH]5)C=C4)C=C3)cc1. The zero-order valence-corrected chi connectivity index (χ0v) is 45.1. The van der Waals surface area contributed by atoms with Crippen LogP contribution in [0.15, 0.2) is 140 Å². The van der Waals surface area contributed by atoms with Gasteiger partial charge in [0.1, 0.15) is 5.75 Å². The number of hydrogen-bond acceptors (Lipinski definition) is 12. The molecule has 0 amide bonds. The van der Waals surface area contributed by atoms with Crippen LogP contribution in [0.4, 0.5) is 0 Å². The summed E-state index contributed by atoms with van der Waals surface area (Å²) in [5, 5.41) is 37.2. The van der Waals surface area contributed by atoms with Crippen LogP contribution in [0.3, 0.4) is 0 Å². The standard InChI is InChI=1S/C64H63N7O11/c72-56(73)38-69(32-34-70(39-57(74)75)40-58(76)77)33-35-71(41-59(78)79)42-60(80)82-37-13-2-1-12-36-81-47-22-20-46(21-23-47)64-54-30-28-52(67-54)62(44-16-8-4-9-17-44)50-26-24-48(65-50)61(43-14-6-3-7-15-43)49-25-27-51(66-49)63(45-18-10-5-11-19-45)53-29-31-55(64)68-53/h3-11,14-31,65,68H,1-2,12-13,32-42H2,(H,72,73)(H,74,75)(H,76,77)(H,78,79). The van der Waals surface area contributed by atoms with Crippen LogP contribution in [-0.2, 0) is 28.7 Å². The lowest BCUT2D eigenvalue weighted by Gasteiger charge is -2.27.